The van der Waals surface area contributed by atoms with Crippen molar-refractivity contribution in [3.8, 4) is 22.6 Å². The zero-order valence-electron chi connectivity index (χ0n) is 19.9. The summed E-state index contributed by atoms with van der Waals surface area (Å²) in [5.74, 6) is -2.87. The van der Waals surface area contributed by atoms with Gasteiger partial charge in [0.15, 0.2) is 0 Å². The largest absolute Gasteiger partial charge is 0.508 e. The Hall–Kier alpha value is -3.67. The van der Waals surface area contributed by atoms with Gasteiger partial charge in [0.1, 0.15) is 23.6 Å². The summed E-state index contributed by atoms with van der Waals surface area (Å²) < 4.78 is 0. The van der Waals surface area contributed by atoms with Crippen molar-refractivity contribution >= 4 is 17.8 Å². The average Bonchev–Trinajstić information content (AvgIpc) is 2.84. The van der Waals surface area contributed by atoms with Crippen LogP contribution >= 0.6 is 0 Å². The van der Waals surface area contributed by atoms with Crippen molar-refractivity contribution < 1.29 is 34.8 Å². The number of rotatable bonds is 6. The van der Waals surface area contributed by atoms with E-state index in [1.165, 1.54) is 12.1 Å². The van der Waals surface area contributed by atoms with E-state index >= 15 is 0 Å². The maximum Gasteiger partial charge on any atom is 0.326 e. The molecule has 0 fully saturated rings. The van der Waals surface area contributed by atoms with Crippen molar-refractivity contribution in [2.24, 2.45) is 5.73 Å². The molecule has 1 aliphatic rings. The minimum Gasteiger partial charge on any atom is -0.508 e. The molecule has 0 radical (unpaired) electrons. The first-order valence-corrected chi connectivity index (χ1v) is 11.7. The van der Waals surface area contributed by atoms with Crippen molar-refractivity contribution in [1.29, 1.82) is 0 Å². The Morgan fingerprint density at radius 3 is 2.14 bits per heavy atom. The average molecular weight is 501 g/mol. The smallest absolute Gasteiger partial charge is 0.326 e. The second-order valence-electron chi connectivity index (χ2n) is 8.79. The van der Waals surface area contributed by atoms with Crippen LogP contribution in [-0.4, -0.2) is 75.5 Å². The number of hydrogen-bond donors (Lipinski definition) is 8. The van der Waals surface area contributed by atoms with Gasteiger partial charge in [-0.25, -0.2) is 4.79 Å². The van der Waals surface area contributed by atoms with E-state index in [9.17, 15) is 34.8 Å². The number of likely N-dealkylation sites (N-methyl/N-ethyl adjacent to an activating group) is 1. The molecule has 3 rings (SSSR count). The molecular formula is C25H32N4O7. The Kier molecular flexibility index (Phi) is 8.86. The molecule has 2 aromatic carbocycles. The summed E-state index contributed by atoms with van der Waals surface area (Å²) in [7, 11) is 0. The molecule has 36 heavy (non-hydrogen) atoms. The second kappa shape index (κ2) is 11.8. The van der Waals surface area contributed by atoms with Crippen LogP contribution in [0, 0.1) is 0 Å². The van der Waals surface area contributed by atoms with Crippen LogP contribution < -0.4 is 21.7 Å². The highest BCUT2D eigenvalue weighted by molar-refractivity contribution is 5.92. The van der Waals surface area contributed by atoms with Gasteiger partial charge in [-0.2, -0.15) is 0 Å². The van der Waals surface area contributed by atoms with Crippen LogP contribution in [0.1, 0.15) is 24.5 Å². The number of aliphatic carboxylic acids is 1. The maximum absolute atomic E-state index is 13.2. The highest BCUT2D eigenvalue weighted by Gasteiger charge is 2.31. The summed E-state index contributed by atoms with van der Waals surface area (Å²) in [5.41, 5.74) is 7.60. The van der Waals surface area contributed by atoms with Gasteiger partial charge in [-0.3, -0.25) is 9.59 Å². The minimum absolute atomic E-state index is 0.0171. The van der Waals surface area contributed by atoms with Crippen LogP contribution in [0.2, 0.25) is 0 Å². The van der Waals surface area contributed by atoms with Gasteiger partial charge in [-0.1, -0.05) is 19.1 Å². The van der Waals surface area contributed by atoms with Crippen LogP contribution in [0.15, 0.2) is 36.4 Å². The standard InChI is InChI=1S/C25H32N4O7/c1-2-27-18-9-15-7-13(3-5-21(15)31)14-4-6-22(32)16(8-14)10-20(25(35)36)29-24(34)19(28-23(18)33)11-17(30)12-26/h3-8,17-20,27,30-32H,2,9-12,26H2,1H3,(H,28,33)(H,29,34)(H,35,36)/t17-,18+,19+,20+/m1/s1. The SMILES string of the molecule is CCN[C@H]1Cc2cc(ccc2O)-c2ccc(O)c(c2)C[C@@H](C(=O)O)NC(=O)[C@H](C[C@@H](O)CN)NC1=O. The first kappa shape index (κ1) is 26.9. The van der Waals surface area contributed by atoms with Crippen molar-refractivity contribution in [3.63, 3.8) is 0 Å². The Morgan fingerprint density at radius 1 is 1.03 bits per heavy atom. The van der Waals surface area contributed by atoms with Gasteiger partial charge in [0.2, 0.25) is 11.8 Å². The molecular weight excluding hydrogens is 468 g/mol. The molecule has 11 heteroatoms. The number of carboxylic acid groups (broad SMARTS) is 1. The lowest BCUT2D eigenvalue weighted by Gasteiger charge is -2.25. The van der Waals surface area contributed by atoms with Gasteiger partial charge in [-0.05, 0) is 53.1 Å². The number of phenols is 2. The number of hydrogen-bond acceptors (Lipinski definition) is 8. The molecule has 1 aliphatic heterocycles. The number of carbonyl (C=O) groups excluding carboxylic acids is 2. The van der Waals surface area contributed by atoms with Crippen molar-refractivity contribution in [2.75, 3.05) is 13.1 Å². The van der Waals surface area contributed by atoms with Crippen molar-refractivity contribution in [2.45, 2.75) is 50.4 Å². The number of carboxylic acids is 1. The summed E-state index contributed by atoms with van der Waals surface area (Å²) in [6.45, 7) is 2.06. The van der Waals surface area contributed by atoms with E-state index in [4.69, 9.17) is 5.73 Å². The van der Waals surface area contributed by atoms with Gasteiger partial charge in [-0.15, -0.1) is 0 Å². The van der Waals surface area contributed by atoms with Gasteiger partial charge in [0, 0.05) is 25.8 Å². The van der Waals surface area contributed by atoms with Crippen LogP contribution in [0.3, 0.4) is 0 Å². The number of amides is 2. The molecule has 9 N–H and O–H groups in total. The van der Waals surface area contributed by atoms with Crippen LogP contribution in [0.25, 0.3) is 11.1 Å². The molecule has 2 aromatic rings. The Bertz CT molecular complexity index is 1120. The molecule has 2 amide bonds. The number of carbonyl (C=O) groups is 3. The summed E-state index contributed by atoms with van der Waals surface area (Å²) in [5, 5.41) is 48.7. The van der Waals surface area contributed by atoms with Crippen LogP contribution in [0.4, 0.5) is 0 Å². The van der Waals surface area contributed by atoms with E-state index in [1.807, 2.05) is 0 Å². The lowest BCUT2D eigenvalue weighted by molar-refractivity contribution is -0.142. The highest BCUT2D eigenvalue weighted by atomic mass is 16.4. The molecule has 0 aliphatic carbocycles. The van der Waals surface area contributed by atoms with Crippen LogP contribution in [0.5, 0.6) is 11.5 Å². The summed E-state index contributed by atoms with van der Waals surface area (Å²) in [6.07, 6.45) is -1.49. The van der Waals surface area contributed by atoms with E-state index in [2.05, 4.69) is 16.0 Å². The van der Waals surface area contributed by atoms with Crippen molar-refractivity contribution in [3.05, 3.63) is 47.5 Å². The highest BCUT2D eigenvalue weighted by Crippen LogP contribution is 2.31. The first-order chi connectivity index (χ1) is 17.1. The van der Waals surface area contributed by atoms with Gasteiger partial charge in [0.25, 0.3) is 0 Å². The number of aromatic hydroxyl groups is 2. The van der Waals surface area contributed by atoms with E-state index in [0.29, 0.717) is 23.2 Å². The summed E-state index contributed by atoms with van der Waals surface area (Å²) in [4.78, 5) is 38.2. The molecule has 0 saturated carbocycles. The lowest BCUT2D eigenvalue weighted by atomic mass is 9.95. The second-order valence-corrected chi connectivity index (χ2v) is 8.79. The zero-order valence-corrected chi connectivity index (χ0v) is 19.9. The van der Waals surface area contributed by atoms with E-state index in [1.54, 1.807) is 31.2 Å². The number of phenolic OH excluding ortho intramolecular Hbond substituents is 2. The molecule has 0 spiro atoms. The maximum atomic E-state index is 13.2. The molecule has 11 nitrogen and oxygen atoms in total. The third kappa shape index (κ3) is 6.51. The van der Waals surface area contributed by atoms with Gasteiger partial charge >= 0.3 is 5.97 Å². The quantitative estimate of drug-likeness (QED) is 0.260. The van der Waals surface area contributed by atoms with Crippen LogP contribution in [-0.2, 0) is 27.2 Å². The Morgan fingerprint density at radius 2 is 1.61 bits per heavy atom. The minimum atomic E-state index is -1.42. The molecule has 1 heterocycles. The van der Waals surface area contributed by atoms with E-state index < -0.39 is 42.0 Å². The van der Waals surface area contributed by atoms with Gasteiger partial charge in [0.05, 0.1) is 12.1 Å². The molecule has 0 unspecified atom stereocenters. The normalized spacial score (nSPS) is 21.5. The molecule has 4 atom stereocenters. The summed E-state index contributed by atoms with van der Waals surface area (Å²) >= 11 is 0. The number of nitrogens with two attached hydrogens (primary N) is 1. The fourth-order valence-electron chi connectivity index (χ4n) is 4.15. The van der Waals surface area contributed by atoms with Gasteiger partial charge < -0.3 is 42.1 Å². The first-order valence-electron chi connectivity index (χ1n) is 11.7. The third-order valence-corrected chi connectivity index (χ3v) is 6.13. The molecule has 4 bridgehead atoms. The van der Waals surface area contributed by atoms with E-state index in [-0.39, 0.29) is 42.9 Å². The topological polar surface area (TPSA) is 194 Å². The van der Waals surface area contributed by atoms with Crippen molar-refractivity contribution in [1.82, 2.24) is 16.0 Å². The van der Waals surface area contributed by atoms with E-state index in [0.717, 1.165) is 0 Å². The predicted octanol–water partition coefficient (Wildman–Crippen LogP) is -0.395. The lowest BCUT2D eigenvalue weighted by Crippen LogP contribution is -2.57. The number of benzene rings is 2. The fourth-order valence-corrected chi connectivity index (χ4v) is 4.15. The zero-order chi connectivity index (χ0) is 26.4. The Balaban J connectivity index is 2.12. The summed E-state index contributed by atoms with van der Waals surface area (Å²) in [6, 6.07) is 6.07. The predicted molar refractivity (Wildman–Crippen MR) is 131 cm³/mol. The molecule has 0 aromatic heterocycles. The fraction of sp³-hybridized carbons (Fsp3) is 0.400. The number of aliphatic hydroxyl groups excluding tert-OH is 1. The monoisotopic (exact) mass is 500 g/mol. The molecule has 194 valence electrons. The number of fused-ring (bicyclic) bond motifs is 5. The third-order valence-electron chi connectivity index (χ3n) is 6.13. The Labute approximate surface area is 208 Å². The number of aliphatic hydroxyl groups is 1. The molecule has 0 saturated heterocycles. The number of nitrogens with one attached hydrogen (secondary N) is 3.